The van der Waals surface area contributed by atoms with Crippen molar-refractivity contribution in [2.24, 2.45) is 5.92 Å². The maximum Gasteiger partial charge on any atom is 0.222 e. The van der Waals surface area contributed by atoms with Gasteiger partial charge in [0.25, 0.3) is 0 Å². The third-order valence-electron chi connectivity index (χ3n) is 5.12. The van der Waals surface area contributed by atoms with E-state index < -0.39 is 0 Å². The Hall–Kier alpha value is -1.06. The number of aryl methyl sites for hydroxylation is 1. The van der Waals surface area contributed by atoms with Crippen molar-refractivity contribution in [1.29, 1.82) is 0 Å². The fourth-order valence-corrected chi connectivity index (χ4v) is 3.47. The maximum absolute atomic E-state index is 12.5. The molecule has 2 rings (SSSR count). The van der Waals surface area contributed by atoms with Crippen LogP contribution in [0.2, 0.25) is 0 Å². The topological polar surface area (TPSA) is 32.3 Å². The molecular formula is C20H33ClN2O. The lowest BCUT2D eigenvalue weighted by Gasteiger charge is -2.31. The lowest BCUT2D eigenvalue weighted by atomic mass is 9.83. The second kappa shape index (κ2) is 9.43. The molecule has 1 aromatic carbocycles. The van der Waals surface area contributed by atoms with Gasteiger partial charge in [-0.25, -0.2) is 0 Å². The molecule has 136 valence electrons. The minimum Gasteiger partial charge on any atom is -0.345 e. The number of hydrogen-bond acceptors (Lipinski definition) is 2. The molecule has 4 heteroatoms. The van der Waals surface area contributed by atoms with Crippen LogP contribution >= 0.6 is 12.4 Å². The number of nitrogens with one attached hydrogen (secondary N) is 1. The Morgan fingerprint density at radius 3 is 2.38 bits per heavy atom. The first kappa shape index (κ1) is 21.0. The molecule has 1 aliphatic heterocycles. The largest absolute Gasteiger partial charge is 0.345 e. The lowest BCUT2D eigenvalue weighted by molar-refractivity contribution is -0.130. The first-order chi connectivity index (χ1) is 10.9. The van der Waals surface area contributed by atoms with E-state index in [0.717, 1.165) is 32.0 Å². The fourth-order valence-electron chi connectivity index (χ4n) is 3.47. The monoisotopic (exact) mass is 352 g/mol. The molecule has 0 spiro atoms. The number of rotatable bonds is 6. The van der Waals surface area contributed by atoms with Gasteiger partial charge in [0.15, 0.2) is 0 Å². The van der Waals surface area contributed by atoms with E-state index in [1.54, 1.807) is 0 Å². The summed E-state index contributed by atoms with van der Waals surface area (Å²) in [6.07, 6.45) is 4.15. The molecule has 0 bridgehead atoms. The summed E-state index contributed by atoms with van der Waals surface area (Å²) in [6.45, 7) is 9.52. The molecule has 0 unspecified atom stereocenters. The highest BCUT2D eigenvalue weighted by Crippen LogP contribution is 2.25. The SMILES string of the molecule is Cc1ccc(C(C)(C)CN(C)C(=O)CCC2CCNCC2)cc1.Cl. The molecule has 3 nitrogen and oxygen atoms in total. The number of carbonyl (C=O) groups excluding carboxylic acids is 1. The third-order valence-corrected chi connectivity index (χ3v) is 5.12. The van der Waals surface area contributed by atoms with E-state index in [-0.39, 0.29) is 23.7 Å². The number of piperidine rings is 1. The number of amides is 1. The van der Waals surface area contributed by atoms with Crippen molar-refractivity contribution in [3.63, 3.8) is 0 Å². The van der Waals surface area contributed by atoms with Gasteiger partial charge in [-0.1, -0.05) is 43.7 Å². The minimum atomic E-state index is -0.0210. The molecule has 1 fully saturated rings. The van der Waals surface area contributed by atoms with Gasteiger partial charge >= 0.3 is 0 Å². The van der Waals surface area contributed by atoms with Gasteiger partial charge in [0.05, 0.1) is 0 Å². The summed E-state index contributed by atoms with van der Waals surface area (Å²) in [6, 6.07) is 8.66. The fraction of sp³-hybridized carbons (Fsp3) is 0.650. The number of likely N-dealkylation sites (N-methyl/N-ethyl adjacent to an activating group) is 1. The van der Waals surface area contributed by atoms with Crippen LogP contribution in [0.15, 0.2) is 24.3 Å². The molecule has 0 atom stereocenters. The Kier molecular flexibility index (Phi) is 8.24. The number of hydrogen-bond donors (Lipinski definition) is 1. The summed E-state index contributed by atoms with van der Waals surface area (Å²) in [5, 5.41) is 3.38. The van der Waals surface area contributed by atoms with Gasteiger partial charge < -0.3 is 10.2 Å². The van der Waals surface area contributed by atoms with Crippen molar-refractivity contribution in [2.75, 3.05) is 26.7 Å². The molecule has 1 amide bonds. The minimum absolute atomic E-state index is 0. The standard InChI is InChI=1S/C20H32N2O.ClH/c1-16-5-8-18(9-6-16)20(2,3)15-22(4)19(23)10-7-17-11-13-21-14-12-17;/h5-6,8-9,17,21H,7,10-15H2,1-4H3;1H. The summed E-state index contributed by atoms with van der Waals surface area (Å²) < 4.78 is 0. The molecule has 0 radical (unpaired) electrons. The average molecular weight is 353 g/mol. The van der Waals surface area contributed by atoms with E-state index in [0.29, 0.717) is 6.42 Å². The maximum atomic E-state index is 12.5. The second-order valence-corrected chi connectivity index (χ2v) is 7.73. The van der Waals surface area contributed by atoms with Gasteiger partial charge in [-0.15, -0.1) is 12.4 Å². The van der Waals surface area contributed by atoms with E-state index >= 15 is 0 Å². The summed E-state index contributed by atoms with van der Waals surface area (Å²) in [7, 11) is 1.95. The molecule has 1 aromatic rings. The van der Waals surface area contributed by atoms with Gasteiger partial charge in [-0.2, -0.15) is 0 Å². The van der Waals surface area contributed by atoms with Crippen LogP contribution in [0.3, 0.4) is 0 Å². The number of nitrogens with zero attached hydrogens (tertiary/aromatic N) is 1. The lowest BCUT2D eigenvalue weighted by Crippen LogP contribution is -2.38. The van der Waals surface area contributed by atoms with Crippen LogP contribution in [-0.4, -0.2) is 37.5 Å². The van der Waals surface area contributed by atoms with Crippen LogP contribution in [0.1, 0.15) is 50.7 Å². The van der Waals surface area contributed by atoms with Gasteiger partial charge in [0, 0.05) is 25.4 Å². The van der Waals surface area contributed by atoms with Crippen LogP contribution in [0.25, 0.3) is 0 Å². The summed E-state index contributed by atoms with van der Waals surface area (Å²) in [5.74, 6) is 1.00. The molecule has 1 aliphatic rings. The van der Waals surface area contributed by atoms with Crippen molar-refractivity contribution in [3.05, 3.63) is 35.4 Å². The highest BCUT2D eigenvalue weighted by Gasteiger charge is 2.25. The van der Waals surface area contributed by atoms with Crippen LogP contribution in [0.5, 0.6) is 0 Å². The molecule has 0 aromatic heterocycles. The molecule has 24 heavy (non-hydrogen) atoms. The van der Waals surface area contributed by atoms with Crippen LogP contribution < -0.4 is 5.32 Å². The van der Waals surface area contributed by atoms with Crippen LogP contribution in [0, 0.1) is 12.8 Å². The molecule has 1 saturated heterocycles. The van der Waals surface area contributed by atoms with Crippen LogP contribution in [-0.2, 0) is 10.2 Å². The molecular weight excluding hydrogens is 320 g/mol. The zero-order chi connectivity index (χ0) is 16.9. The Morgan fingerprint density at radius 1 is 1.21 bits per heavy atom. The van der Waals surface area contributed by atoms with Crippen molar-refractivity contribution in [2.45, 2.75) is 51.9 Å². The van der Waals surface area contributed by atoms with Gasteiger partial charge in [0.2, 0.25) is 5.91 Å². The Labute approximate surface area is 153 Å². The summed E-state index contributed by atoms with van der Waals surface area (Å²) in [4.78, 5) is 14.4. The van der Waals surface area contributed by atoms with Gasteiger partial charge in [-0.3, -0.25) is 4.79 Å². The summed E-state index contributed by atoms with van der Waals surface area (Å²) >= 11 is 0. The molecule has 1 heterocycles. The Morgan fingerprint density at radius 2 is 1.79 bits per heavy atom. The van der Waals surface area contributed by atoms with Crippen LogP contribution in [0.4, 0.5) is 0 Å². The third kappa shape index (κ3) is 6.10. The first-order valence-corrected chi connectivity index (χ1v) is 8.90. The first-order valence-electron chi connectivity index (χ1n) is 8.90. The highest BCUT2D eigenvalue weighted by atomic mass is 35.5. The normalized spacial score (nSPS) is 15.7. The van der Waals surface area contributed by atoms with Crippen molar-refractivity contribution in [1.82, 2.24) is 10.2 Å². The number of halogens is 1. The highest BCUT2D eigenvalue weighted by molar-refractivity contribution is 5.85. The molecule has 0 saturated carbocycles. The van der Waals surface area contributed by atoms with Crippen molar-refractivity contribution in [3.8, 4) is 0 Å². The van der Waals surface area contributed by atoms with E-state index in [2.05, 4.69) is 50.4 Å². The Bertz CT molecular complexity index is 507. The van der Waals surface area contributed by atoms with Gasteiger partial charge in [-0.05, 0) is 50.8 Å². The predicted octanol–water partition coefficient (Wildman–Crippen LogP) is 3.93. The zero-order valence-corrected chi connectivity index (χ0v) is 16.4. The number of benzene rings is 1. The Balaban J connectivity index is 0.00000288. The van der Waals surface area contributed by atoms with E-state index in [9.17, 15) is 4.79 Å². The van der Waals surface area contributed by atoms with E-state index in [1.165, 1.54) is 24.0 Å². The zero-order valence-electron chi connectivity index (χ0n) is 15.6. The quantitative estimate of drug-likeness (QED) is 0.841. The number of carbonyl (C=O) groups is 1. The molecule has 0 aliphatic carbocycles. The van der Waals surface area contributed by atoms with Crippen molar-refractivity contribution >= 4 is 18.3 Å². The smallest absolute Gasteiger partial charge is 0.222 e. The van der Waals surface area contributed by atoms with Gasteiger partial charge in [0.1, 0.15) is 0 Å². The molecule has 1 N–H and O–H groups in total. The second-order valence-electron chi connectivity index (χ2n) is 7.73. The average Bonchev–Trinajstić information content (AvgIpc) is 2.53. The summed E-state index contributed by atoms with van der Waals surface area (Å²) in [5.41, 5.74) is 2.55. The predicted molar refractivity (Wildman–Crippen MR) is 104 cm³/mol. The van der Waals surface area contributed by atoms with E-state index in [4.69, 9.17) is 0 Å². The van der Waals surface area contributed by atoms with E-state index in [1.807, 2.05) is 11.9 Å². The van der Waals surface area contributed by atoms with Crippen molar-refractivity contribution < 1.29 is 4.79 Å².